The zero-order valence-electron chi connectivity index (χ0n) is 10.8. The molecule has 1 saturated heterocycles. The molecule has 0 aromatic rings. The zero-order valence-corrected chi connectivity index (χ0v) is 11.6. The van der Waals surface area contributed by atoms with Crippen LogP contribution in [0.3, 0.4) is 0 Å². The minimum atomic E-state index is -2.95. The fraction of sp³-hybridized carbons (Fsp3) is 0.750. The second-order valence-electron chi connectivity index (χ2n) is 4.70. The molecule has 1 heterocycles. The molecule has 1 aliphatic heterocycles. The molecule has 0 aromatic heterocycles. The number of carbonyl (C=O) groups is 1. The molecule has 0 unspecified atom stereocenters. The van der Waals surface area contributed by atoms with Crippen LogP contribution in [0, 0.1) is 0 Å². The summed E-state index contributed by atoms with van der Waals surface area (Å²) in [6, 6.07) is 0. The van der Waals surface area contributed by atoms with Crippen molar-refractivity contribution >= 4 is 15.7 Å². The topological polar surface area (TPSA) is 54.5 Å². The maximum atomic E-state index is 11.7. The van der Waals surface area contributed by atoms with Crippen molar-refractivity contribution in [1.29, 1.82) is 0 Å². The van der Waals surface area contributed by atoms with Crippen LogP contribution in [0.2, 0.25) is 0 Å². The van der Waals surface area contributed by atoms with Gasteiger partial charge in [-0.1, -0.05) is 12.5 Å². The van der Waals surface area contributed by atoms with Crippen LogP contribution in [0.4, 0.5) is 0 Å². The molecule has 1 amide bonds. The van der Waals surface area contributed by atoms with Gasteiger partial charge in [0.25, 0.3) is 0 Å². The van der Waals surface area contributed by atoms with Crippen LogP contribution < -0.4 is 0 Å². The first kappa shape index (κ1) is 14.2. The Morgan fingerprint density at radius 3 is 2.24 bits per heavy atom. The molecule has 5 heteroatoms. The Morgan fingerprint density at radius 2 is 1.82 bits per heavy atom. The predicted octanol–water partition coefficient (Wildman–Crippen LogP) is 1.38. The lowest BCUT2D eigenvalue weighted by Gasteiger charge is -2.31. The number of nitrogens with zero attached hydrogens (tertiary/aromatic N) is 1. The Labute approximate surface area is 104 Å². The third kappa shape index (κ3) is 3.84. The van der Waals surface area contributed by atoms with E-state index in [1.165, 1.54) is 0 Å². The van der Waals surface area contributed by atoms with Crippen molar-refractivity contribution in [3.05, 3.63) is 11.6 Å². The molecule has 0 radical (unpaired) electrons. The molecule has 0 bridgehead atoms. The van der Waals surface area contributed by atoms with Crippen LogP contribution in [0.5, 0.6) is 0 Å². The van der Waals surface area contributed by atoms with E-state index in [-0.39, 0.29) is 16.9 Å². The molecule has 0 aliphatic carbocycles. The van der Waals surface area contributed by atoms with E-state index >= 15 is 0 Å². The van der Waals surface area contributed by atoms with Crippen LogP contribution in [0.1, 0.15) is 33.6 Å². The second-order valence-corrected chi connectivity index (χ2v) is 7.27. The van der Waals surface area contributed by atoms with E-state index in [2.05, 4.69) is 0 Å². The van der Waals surface area contributed by atoms with Crippen LogP contribution in [-0.4, -0.2) is 43.3 Å². The molecule has 0 spiro atoms. The predicted molar refractivity (Wildman–Crippen MR) is 68.5 cm³/mol. The molecule has 0 saturated carbocycles. The molecule has 98 valence electrons. The van der Waals surface area contributed by atoms with E-state index in [0.29, 0.717) is 25.9 Å². The summed E-state index contributed by atoms with van der Waals surface area (Å²) in [5.41, 5.74) is 0.971. The molecule has 1 rings (SSSR count). The number of hydrogen-bond donors (Lipinski definition) is 0. The lowest BCUT2D eigenvalue weighted by molar-refractivity contribution is -0.126. The van der Waals surface area contributed by atoms with Crippen LogP contribution >= 0.6 is 0 Å². The maximum Gasteiger partial charge on any atom is 0.246 e. The van der Waals surface area contributed by atoms with Crippen LogP contribution in [-0.2, 0) is 14.6 Å². The van der Waals surface area contributed by atoms with Gasteiger partial charge in [0.1, 0.15) is 0 Å². The minimum absolute atomic E-state index is 0.00246. The highest BCUT2D eigenvalue weighted by molar-refractivity contribution is 7.92. The van der Waals surface area contributed by atoms with Crippen LogP contribution in [0.25, 0.3) is 0 Å². The average molecular weight is 259 g/mol. The highest BCUT2D eigenvalue weighted by Gasteiger charge is 2.29. The summed E-state index contributed by atoms with van der Waals surface area (Å²) in [6.45, 7) is 6.54. The molecule has 1 aliphatic rings. The first-order valence-corrected chi connectivity index (χ1v) is 7.73. The number of carbonyl (C=O) groups excluding carboxylic acids is 1. The number of rotatable bonds is 3. The minimum Gasteiger partial charge on any atom is -0.339 e. The van der Waals surface area contributed by atoms with Gasteiger partial charge in [0.15, 0.2) is 9.84 Å². The van der Waals surface area contributed by atoms with Gasteiger partial charge >= 0.3 is 0 Å². The number of allylic oxidation sites excluding steroid dienone is 1. The largest absolute Gasteiger partial charge is 0.339 e. The molecule has 17 heavy (non-hydrogen) atoms. The SMILES string of the molecule is CCS(=O)(=O)C1CCN(C(=O)C=C(C)C)CC1. The van der Waals surface area contributed by atoms with Gasteiger partial charge in [-0.2, -0.15) is 0 Å². The second kappa shape index (κ2) is 5.67. The smallest absolute Gasteiger partial charge is 0.246 e. The Morgan fingerprint density at radius 1 is 1.29 bits per heavy atom. The highest BCUT2D eigenvalue weighted by Crippen LogP contribution is 2.18. The van der Waals surface area contributed by atoms with Gasteiger partial charge in [-0.15, -0.1) is 0 Å². The summed E-state index contributed by atoms with van der Waals surface area (Å²) in [7, 11) is -2.95. The van der Waals surface area contributed by atoms with Crippen molar-refractivity contribution in [3.63, 3.8) is 0 Å². The molecular weight excluding hydrogens is 238 g/mol. The lowest BCUT2D eigenvalue weighted by Crippen LogP contribution is -2.42. The third-order valence-electron chi connectivity index (χ3n) is 3.08. The molecule has 4 nitrogen and oxygen atoms in total. The summed E-state index contributed by atoms with van der Waals surface area (Å²) < 4.78 is 23.4. The Hall–Kier alpha value is -0.840. The molecule has 1 fully saturated rings. The number of sulfone groups is 1. The molecule has 0 atom stereocenters. The first-order valence-electron chi connectivity index (χ1n) is 6.02. The summed E-state index contributed by atoms with van der Waals surface area (Å²) >= 11 is 0. The molecular formula is C12H21NO3S. The van der Waals surface area contributed by atoms with E-state index in [4.69, 9.17) is 0 Å². The van der Waals surface area contributed by atoms with Crippen molar-refractivity contribution in [2.24, 2.45) is 0 Å². The van der Waals surface area contributed by atoms with Crippen molar-refractivity contribution in [1.82, 2.24) is 4.90 Å². The summed E-state index contributed by atoms with van der Waals surface area (Å²) in [5, 5.41) is -0.261. The quantitative estimate of drug-likeness (QED) is 0.719. The van der Waals surface area contributed by atoms with Crippen LogP contribution in [0.15, 0.2) is 11.6 Å². The average Bonchev–Trinajstić information content (AvgIpc) is 2.28. The van der Waals surface area contributed by atoms with E-state index in [9.17, 15) is 13.2 Å². The number of piperidine rings is 1. The maximum absolute atomic E-state index is 11.7. The standard InChI is InChI=1S/C12H21NO3S/c1-4-17(15,16)11-5-7-13(8-6-11)12(14)9-10(2)3/h9,11H,4-8H2,1-3H3. The fourth-order valence-corrected chi connectivity index (χ4v) is 3.41. The number of likely N-dealkylation sites (tertiary alicyclic amines) is 1. The summed E-state index contributed by atoms with van der Waals surface area (Å²) in [5.74, 6) is 0.192. The molecule has 0 aromatic carbocycles. The summed E-state index contributed by atoms with van der Waals surface area (Å²) in [4.78, 5) is 13.5. The zero-order chi connectivity index (χ0) is 13.1. The van der Waals surface area contributed by atoms with Gasteiger partial charge in [0, 0.05) is 24.9 Å². The highest BCUT2D eigenvalue weighted by atomic mass is 32.2. The van der Waals surface area contributed by atoms with Gasteiger partial charge in [0.05, 0.1) is 5.25 Å². The van der Waals surface area contributed by atoms with Gasteiger partial charge in [-0.3, -0.25) is 4.79 Å². The Balaban J connectivity index is 2.58. The Kier molecular flexibility index (Phi) is 4.74. The van der Waals surface area contributed by atoms with Crippen molar-refractivity contribution in [2.45, 2.75) is 38.9 Å². The Bertz CT molecular complexity index is 399. The van der Waals surface area contributed by atoms with E-state index in [1.807, 2.05) is 13.8 Å². The van der Waals surface area contributed by atoms with Gasteiger partial charge in [0.2, 0.25) is 5.91 Å². The normalized spacial score (nSPS) is 17.9. The first-order chi connectivity index (χ1) is 7.86. The van der Waals surface area contributed by atoms with Gasteiger partial charge in [-0.25, -0.2) is 8.42 Å². The van der Waals surface area contributed by atoms with E-state index in [1.54, 1.807) is 17.9 Å². The third-order valence-corrected chi connectivity index (χ3v) is 5.37. The monoisotopic (exact) mass is 259 g/mol. The van der Waals surface area contributed by atoms with Gasteiger partial charge in [-0.05, 0) is 26.7 Å². The number of hydrogen-bond acceptors (Lipinski definition) is 3. The van der Waals surface area contributed by atoms with Crippen molar-refractivity contribution < 1.29 is 13.2 Å². The lowest BCUT2D eigenvalue weighted by atomic mass is 10.1. The van der Waals surface area contributed by atoms with E-state index in [0.717, 1.165) is 5.57 Å². The fourth-order valence-electron chi connectivity index (χ4n) is 2.01. The van der Waals surface area contributed by atoms with Crippen molar-refractivity contribution in [3.8, 4) is 0 Å². The van der Waals surface area contributed by atoms with Crippen molar-refractivity contribution in [2.75, 3.05) is 18.8 Å². The van der Waals surface area contributed by atoms with Gasteiger partial charge < -0.3 is 4.90 Å². The number of amides is 1. The molecule has 0 N–H and O–H groups in total. The van der Waals surface area contributed by atoms with E-state index < -0.39 is 9.84 Å². The summed E-state index contributed by atoms with van der Waals surface area (Å²) in [6.07, 6.45) is 2.74.